The van der Waals surface area contributed by atoms with Gasteiger partial charge in [-0.15, -0.1) is 11.3 Å². The number of nitrogens with zero attached hydrogens (tertiary/aromatic N) is 3. The van der Waals surface area contributed by atoms with Crippen molar-refractivity contribution in [2.24, 2.45) is 0 Å². The molecule has 0 aliphatic heterocycles. The summed E-state index contributed by atoms with van der Waals surface area (Å²) in [6, 6.07) is 16.0. The molecule has 0 unspecified atom stereocenters. The standard InChI is InChI=1S/C24H22ClN3O2S/c1-16-4-3-5-18(10-16)23-19(11-17-6-7-20(25)12-21(17)27-23)14-28(8-9-30-2)24(29)22-13-26-15-31-22/h3-7,10-13,15H,8-9,14H2,1-2H3. The van der Waals surface area contributed by atoms with E-state index in [4.69, 9.17) is 21.3 Å². The Morgan fingerprint density at radius 1 is 1.19 bits per heavy atom. The van der Waals surface area contributed by atoms with Gasteiger partial charge >= 0.3 is 0 Å². The molecule has 2 heterocycles. The van der Waals surface area contributed by atoms with Crippen molar-refractivity contribution in [1.29, 1.82) is 0 Å². The van der Waals surface area contributed by atoms with Crippen LogP contribution in [-0.2, 0) is 11.3 Å². The Labute approximate surface area is 190 Å². The van der Waals surface area contributed by atoms with Gasteiger partial charge in [0.2, 0.25) is 0 Å². The van der Waals surface area contributed by atoms with Crippen LogP contribution in [0, 0.1) is 6.92 Å². The minimum absolute atomic E-state index is 0.0639. The molecule has 2 aromatic carbocycles. The first-order valence-corrected chi connectivity index (χ1v) is 11.1. The van der Waals surface area contributed by atoms with Crippen LogP contribution < -0.4 is 0 Å². The lowest BCUT2D eigenvalue weighted by atomic mass is 10.0. The summed E-state index contributed by atoms with van der Waals surface area (Å²) in [6.07, 6.45) is 1.61. The van der Waals surface area contributed by atoms with E-state index in [1.165, 1.54) is 11.3 Å². The highest BCUT2D eigenvalue weighted by atomic mass is 35.5. The summed E-state index contributed by atoms with van der Waals surface area (Å²) in [5, 5.41) is 1.62. The third-order valence-corrected chi connectivity index (χ3v) is 6.00. The molecule has 0 saturated carbocycles. The molecule has 0 fully saturated rings. The molecule has 0 N–H and O–H groups in total. The third-order valence-electron chi connectivity index (χ3n) is 5.01. The fraction of sp³-hybridized carbons (Fsp3) is 0.208. The Balaban J connectivity index is 1.80. The largest absolute Gasteiger partial charge is 0.383 e. The Morgan fingerprint density at radius 2 is 2.06 bits per heavy atom. The summed E-state index contributed by atoms with van der Waals surface area (Å²) in [5.41, 5.74) is 6.46. The van der Waals surface area contributed by atoms with Crippen molar-refractivity contribution in [3.8, 4) is 11.3 Å². The average molecular weight is 452 g/mol. The molecule has 0 atom stereocenters. The van der Waals surface area contributed by atoms with Gasteiger partial charge in [-0.25, -0.2) is 4.98 Å². The summed E-state index contributed by atoms with van der Waals surface area (Å²) < 4.78 is 5.26. The summed E-state index contributed by atoms with van der Waals surface area (Å²) in [7, 11) is 1.63. The number of halogens is 1. The Kier molecular flexibility index (Phi) is 6.61. The van der Waals surface area contributed by atoms with Gasteiger partial charge in [0.15, 0.2) is 0 Å². The van der Waals surface area contributed by atoms with Crippen molar-refractivity contribution in [2.75, 3.05) is 20.3 Å². The maximum atomic E-state index is 13.1. The van der Waals surface area contributed by atoms with Gasteiger partial charge in [0, 0.05) is 36.2 Å². The zero-order valence-corrected chi connectivity index (χ0v) is 18.9. The minimum Gasteiger partial charge on any atom is -0.383 e. The van der Waals surface area contributed by atoms with Crippen LogP contribution in [0.1, 0.15) is 20.8 Å². The van der Waals surface area contributed by atoms with Crippen LogP contribution in [0.5, 0.6) is 0 Å². The second kappa shape index (κ2) is 9.56. The summed E-state index contributed by atoms with van der Waals surface area (Å²) in [4.78, 5) is 24.5. The van der Waals surface area contributed by atoms with Crippen molar-refractivity contribution in [3.63, 3.8) is 0 Å². The molecular weight excluding hydrogens is 430 g/mol. The van der Waals surface area contributed by atoms with E-state index in [2.05, 4.69) is 30.1 Å². The predicted octanol–water partition coefficient (Wildman–Crippen LogP) is 5.61. The van der Waals surface area contributed by atoms with Crippen LogP contribution >= 0.6 is 22.9 Å². The van der Waals surface area contributed by atoms with E-state index < -0.39 is 0 Å². The van der Waals surface area contributed by atoms with Gasteiger partial charge in [0.25, 0.3) is 5.91 Å². The number of thiazole rings is 1. The first-order valence-electron chi connectivity index (χ1n) is 9.88. The van der Waals surface area contributed by atoms with E-state index >= 15 is 0 Å². The number of pyridine rings is 1. The molecule has 31 heavy (non-hydrogen) atoms. The fourth-order valence-electron chi connectivity index (χ4n) is 3.48. The second-order valence-corrected chi connectivity index (χ2v) is 8.61. The molecule has 0 saturated heterocycles. The predicted molar refractivity (Wildman–Crippen MR) is 126 cm³/mol. The van der Waals surface area contributed by atoms with Gasteiger partial charge in [0.1, 0.15) is 4.88 Å². The van der Waals surface area contributed by atoms with E-state index in [0.29, 0.717) is 29.6 Å². The number of amides is 1. The van der Waals surface area contributed by atoms with E-state index in [-0.39, 0.29) is 5.91 Å². The van der Waals surface area contributed by atoms with Crippen LogP contribution in [0.15, 0.2) is 60.2 Å². The van der Waals surface area contributed by atoms with Crippen LogP contribution in [0.3, 0.4) is 0 Å². The van der Waals surface area contributed by atoms with Gasteiger partial charge in [0.05, 0.1) is 29.5 Å². The van der Waals surface area contributed by atoms with Crippen molar-refractivity contribution >= 4 is 39.7 Å². The first kappa shape index (κ1) is 21.4. The molecule has 0 spiro atoms. The van der Waals surface area contributed by atoms with Gasteiger partial charge in [-0.05, 0) is 36.8 Å². The van der Waals surface area contributed by atoms with Gasteiger partial charge in [-0.3, -0.25) is 9.78 Å². The number of aromatic nitrogens is 2. The molecule has 0 aliphatic rings. The van der Waals surface area contributed by atoms with Gasteiger partial charge in [-0.2, -0.15) is 0 Å². The average Bonchev–Trinajstić information content (AvgIpc) is 3.30. The number of carbonyl (C=O) groups excluding carboxylic acids is 1. The molecule has 2 aromatic heterocycles. The maximum absolute atomic E-state index is 13.1. The number of hydrogen-bond donors (Lipinski definition) is 0. The number of ether oxygens (including phenoxy) is 1. The van der Waals surface area contributed by atoms with E-state index in [9.17, 15) is 4.79 Å². The highest BCUT2D eigenvalue weighted by Crippen LogP contribution is 2.29. The summed E-state index contributed by atoms with van der Waals surface area (Å²) >= 11 is 7.55. The van der Waals surface area contributed by atoms with Gasteiger partial charge < -0.3 is 9.64 Å². The lowest BCUT2D eigenvalue weighted by Gasteiger charge is -2.23. The fourth-order valence-corrected chi connectivity index (χ4v) is 4.24. The molecule has 7 heteroatoms. The number of rotatable bonds is 7. The Bertz CT molecular complexity index is 1210. The number of carbonyl (C=O) groups is 1. The topological polar surface area (TPSA) is 55.3 Å². The molecule has 1 amide bonds. The SMILES string of the molecule is COCCN(Cc1cc2ccc(Cl)cc2nc1-c1cccc(C)c1)C(=O)c1cncs1. The van der Waals surface area contributed by atoms with Crippen LogP contribution in [-0.4, -0.2) is 41.0 Å². The smallest absolute Gasteiger partial charge is 0.265 e. The molecule has 4 aromatic rings. The van der Waals surface area contributed by atoms with Crippen molar-refractivity contribution in [1.82, 2.24) is 14.9 Å². The summed E-state index contributed by atoms with van der Waals surface area (Å²) in [6.45, 7) is 3.38. The molecule has 0 radical (unpaired) electrons. The quantitative estimate of drug-likeness (QED) is 0.366. The monoisotopic (exact) mass is 451 g/mol. The van der Waals surface area contributed by atoms with Crippen LogP contribution in [0.4, 0.5) is 0 Å². The number of methoxy groups -OCH3 is 1. The third kappa shape index (κ3) is 4.93. The molecule has 158 valence electrons. The van der Waals surface area contributed by atoms with Gasteiger partial charge in [-0.1, -0.05) is 41.4 Å². The first-order chi connectivity index (χ1) is 15.0. The molecule has 0 bridgehead atoms. The second-order valence-electron chi connectivity index (χ2n) is 7.29. The minimum atomic E-state index is -0.0639. The summed E-state index contributed by atoms with van der Waals surface area (Å²) in [5.74, 6) is -0.0639. The van der Waals surface area contributed by atoms with Crippen LogP contribution in [0.2, 0.25) is 5.02 Å². The van der Waals surface area contributed by atoms with Crippen molar-refractivity contribution in [3.05, 3.63) is 81.3 Å². The number of hydrogen-bond acceptors (Lipinski definition) is 5. The maximum Gasteiger partial charge on any atom is 0.265 e. The zero-order valence-electron chi connectivity index (χ0n) is 17.3. The molecular formula is C24H22ClN3O2S. The number of aryl methyl sites for hydroxylation is 1. The Morgan fingerprint density at radius 3 is 2.81 bits per heavy atom. The zero-order chi connectivity index (χ0) is 21.8. The van der Waals surface area contributed by atoms with E-state index in [0.717, 1.165) is 33.3 Å². The van der Waals surface area contributed by atoms with Crippen LogP contribution in [0.25, 0.3) is 22.2 Å². The normalized spacial score (nSPS) is 11.1. The van der Waals surface area contributed by atoms with Crippen molar-refractivity contribution in [2.45, 2.75) is 13.5 Å². The molecule has 5 nitrogen and oxygen atoms in total. The highest BCUT2D eigenvalue weighted by molar-refractivity contribution is 7.11. The molecule has 0 aliphatic carbocycles. The highest BCUT2D eigenvalue weighted by Gasteiger charge is 2.20. The van der Waals surface area contributed by atoms with E-state index in [1.54, 1.807) is 23.7 Å². The number of fused-ring (bicyclic) bond motifs is 1. The number of benzene rings is 2. The lowest BCUT2D eigenvalue weighted by molar-refractivity contribution is 0.0685. The molecule has 4 rings (SSSR count). The van der Waals surface area contributed by atoms with E-state index in [1.807, 2.05) is 30.3 Å². The Hall–Kier alpha value is -2.80. The lowest BCUT2D eigenvalue weighted by Crippen LogP contribution is -2.33. The van der Waals surface area contributed by atoms with Crippen molar-refractivity contribution < 1.29 is 9.53 Å².